The van der Waals surface area contributed by atoms with Crippen LogP contribution in [0.4, 0.5) is 0 Å². The van der Waals surface area contributed by atoms with Crippen molar-refractivity contribution in [3.05, 3.63) is 34.1 Å². The Kier molecular flexibility index (Phi) is 3.52. The minimum Gasteiger partial charge on any atom is -0.363 e. The SMILES string of the molecule is Cc1noc([C@H]2CC[C@@H]3[C@@H](CCN3Cc3ccsc3)O2)n1. The molecule has 112 valence electrons. The summed E-state index contributed by atoms with van der Waals surface area (Å²) in [6.45, 7) is 4.00. The molecule has 2 saturated heterocycles. The quantitative estimate of drug-likeness (QED) is 0.872. The van der Waals surface area contributed by atoms with Crippen molar-refractivity contribution in [2.75, 3.05) is 6.54 Å². The predicted octanol–water partition coefficient (Wildman–Crippen LogP) is 2.93. The Bertz CT molecular complexity index is 598. The normalized spacial score (nSPS) is 29.7. The summed E-state index contributed by atoms with van der Waals surface area (Å²) in [6, 6.07) is 2.75. The van der Waals surface area contributed by atoms with E-state index in [1.165, 1.54) is 5.56 Å². The zero-order chi connectivity index (χ0) is 14.2. The van der Waals surface area contributed by atoms with Crippen molar-refractivity contribution in [3.63, 3.8) is 0 Å². The molecule has 4 heterocycles. The first-order valence-electron chi connectivity index (χ1n) is 7.50. The van der Waals surface area contributed by atoms with Gasteiger partial charge in [0.15, 0.2) is 5.82 Å². The highest BCUT2D eigenvalue weighted by Crippen LogP contribution is 2.38. The van der Waals surface area contributed by atoms with Gasteiger partial charge >= 0.3 is 0 Å². The molecule has 3 atom stereocenters. The lowest BCUT2D eigenvalue weighted by Gasteiger charge is -2.34. The Balaban J connectivity index is 1.42. The number of nitrogens with zero attached hydrogens (tertiary/aromatic N) is 3. The minimum absolute atomic E-state index is 0.0199. The molecule has 0 aliphatic carbocycles. The Hall–Kier alpha value is -1.24. The number of likely N-dealkylation sites (tertiary alicyclic amines) is 1. The summed E-state index contributed by atoms with van der Waals surface area (Å²) >= 11 is 1.77. The van der Waals surface area contributed by atoms with Crippen molar-refractivity contribution >= 4 is 11.3 Å². The molecule has 0 amide bonds. The fourth-order valence-electron chi connectivity index (χ4n) is 3.45. The zero-order valence-electron chi connectivity index (χ0n) is 12.1. The van der Waals surface area contributed by atoms with Crippen molar-refractivity contribution in [3.8, 4) is 0 Å². The van der Waals surface area contributed by atoms with Crippen molar-refractivity contribution in [2.45, 2.75) is 51.0 Å². The van der Waals surface area contributed by atoms with Gasteiger partial charge in [-0.15, -0.1) is 0 Å². The van der Waals surface area contributed by atoms with E-state index in [0.29, 0.717) is 23.9 Å². The Labute approximate surface area is 127 Å². The van der Waals surface area contributed by atoms with E-state index >= 15 is 0 Å². The van der Waals surface area contributed by atoms with Crippen LogP contribution in [0.2, 0.25) is 0 Å². The van der Waals surface area contributed by atoms with E-state index in [1.54, 1.807) is 11.3 Å². The highest BCUT2D eigenvalue weighted by atomic mass is 32.1. The smallest absolute Gasteiger partial charge is 0.255 e. The molecule has 2 aromatic rings. The van der Waals surface area contributed by atoms with Gasteiger partial charge in [-0.1, -0.05) is 5.16 Å². The van der Waals surface area contributed by atoms with E-state index in [0.717, 1.165) is 32.4 Å². The third kappa shape index (κ3) is 2.63. The first-order valence-corrected chi connectivity index (χ1v) is 8.44. The summed E-state index contributed by atoms with van der Waals surface area (Å²) in [6.07, 6.45) is 3.48. The highest BCUT2D eigenvalue weighted by Gasteiger charge is 2.41. The number of rotatable bonds is 3. The third-order valence-electron chi connectivity index (χ3n) is 4.45. The van der Waals surface area contributed by atoms with Gasteiger partial charge in [0, 0.05) is 19.1 Å². The zero-order valence-corrected chi connectivity index (χ0v) is 12.9. The van der Waals surface area contributed by atoms with Gasteiger partial charge in [0.05, 0.1) is 6.10 Å². The number of aryl methyl sites for hydroxylation is 1. The number of hydrogen-bond acceptors (Lipinski definition) is 6. The Morgan fingerprint density at radius 3 is 3.10 bits per heavy atom. The number of ether oxygens (including phenoxy) is 1. The lowest BCUT2D eigenvalue weighted by atomic mass is 9.99. The van der Waals surface area contributed by atoms with Gasteiger partial charge in [-0.25, -0.2) is 0 Å². The fraction of sp³-hybridized carbons (Fsp3) is 0.600. The molecule has 2 fully saturated rings. The molecule has 21 heavy (non-hydrogen) atoms. The average Bonchev–Trinajstić information content (AvgIpc) is 3.21. The van der Waals surface area contributed by atoms with E-state index in [9.17, 15) is 0 Å². The summed E-state index contributed by atoms with van der Waals surface area (Å²) in [7, 11) is 0. The van der Waals surface area contributed by atoms with Gasteiger partial charge in [0.1, 0.15) is 6.10 Å². The molecule has 0 aromatic carbocycles. The maximum absolute atomic E-state index is 6.22. The Morgan fingerprint density at radius 2 is 2.33 bits per heavy atom. The molecule has 0 unspecified atom stereocenters. The van der Waals surface area contributed by atoms with Gasteiger partial charge in [-0.2, -0.15) is 16.3 Å². The van der Waals surface area contributed by atoms with Crippen LogP contribution in [0.3, 0.4) is 0 Å². The molecular formula is C15H19N3O2S. The second kappa shape index (κ2) is 5.51. The van der Waals surface area contributed by atoms with Crippen LogP contribution in [0.5, 0.6) is 0 Å². The first kappa shape index (κ1) is 13.4. The maximum Gasteiger partial charge on any atom is 0.255 e. The summed E-state index contributed by atoms with van der Waals surface area (Å²) < 4.78 is 11.5. The van der Waals surface area contributed by atoms with Crippen molar-refractivity contribution in [1.29, 1.82) is 0 Å². The predicted molar refractivity (Wildman–Crippen MR) is 79.0 cm³/mol. The van der Waals surface area contributed by atoms with Gasteiger partial charge < -0.3 is 9.26 Å². The van der Waals surface area contributed by atoms with E-state index in [2.05, 4.69) is 31.9 Å². The third-order valence-corrected chi connectivity index (χ3v) is 5.18. The molecule has 0 radical (unpaired) electrons. The lowest BCUT2D eigenvalue weighted by molar-refractivity contribution is -0.0831. The van der Waals surface area contributed by atoms with Crippen LogP contribution in [-0.4, -0.2) is 33.7 Å². The molecule has 2 aliphatic rings. The van der Waals surface area contributed by atoms with Crippen LogP contribution < -0.4 is 0 Å². The van der Waals surface area contributed by atoms with Gasteiger partial charge in [0.25, 0.3) is 5.89 Å². The molecule has 0 bridgehead atoms. The highest BCUT2D eigenvalue weighted by molar-refractivity contribution is 7.07. The minimum atomic E-state index is -0.0199. The molecule has 0 saturated carbocycles. The monoisotopic (exact) mass is 305 g/mol. The van der Waals surface area contributed by atoms with E-state index < -0.39 is 0 Å². The van der Waals surface area contributed by atoms with Crippen LogP contribution in [0.1, 0.15) is 42.6 Å². The summed E-state index contributed by atoms with van der Waals surface area (Å²) in [4.78, 5) is 6.87. The lowest BCUT2D eigenvalue weighted by Crippen LogP contribution is -2.40. The number of fused-ring (bicyclic) bond motifs is 1. The number of thiophene rings is 1. The molecule has 4 rings (SSSR count). The van der Waals surface area contributed by atoms with E-state index in [-0.39, 0.29) is 6.10 Å². The maximum atomic E-state index is 6.22. The molecule has 5 nitrogen and oxygen atoms in total. The summed E-state index contributed by atoms with van der Waals surface area (Å²) in [5.41, 5.74) is 1.41. The standard InChI is InChI=1S/C15H19N3O2S/c1-10-16-15(20-17-10)14-3-2-12-13(19-14)4-6-18(12)8-11-5-7-21-9-11/h5,7,9,12-14H,2-4,6,8H2,1H3/t12-,13-,14-/m1/s1. The van der Waals surface area contributed by atoms with Gasteiger partial charge in [-0.05, 0) is 48.6 Å². The molecular weight excluding hydrogens is 286 g/mol. The topological polar surface area (TPSA) is 51.4 Å². The fourth-order valence-corrected chi connectivity index (χ4v) is 4.11. The van der Waals surface area contributed by atoms with Crippen molar-refractivity contribution in [2.24, 2.45) is 0 Å². The van der Waals surface area contributed by atoms with Gasteiger partial charge in [0.2, 0.25) is 0 Å². The second-order valence-corrected chi connectivity index (χ2v) is 6.66. The number of aromatic nitrogens is 2. The van der Waals surface area contributed by atoms with Crippen LogP contribution in [-0.2, 0) is 11.3 Å². The van der Waals surface area contributed by atoms with Crippen LogP contribution >= 0.6 is 11.3 Å². The van der Waals surface area contributed by atoms with E-state index in [4.69, 9.17) is 9.26 Å². The number of hydrogen-bond donors (Lipinski definition) is 0. The van der Waals surface area contributed by atoms with Gasteiger partial charge in [-0.3, -0.25) is 4.90 Å². The molecule has 2 aromatic heterocycles. The second-order valence-electron chi connectivity index (χ2n) is 5.88. The van der Waals surface area contributed by atoms with Crippen LogP contribution in [0.25, 0.3) is 0 Å². The van der Waals surface area contributed by atoms with Crippen molar-refractivity contribution < 1.29 is 9.26 Å². The summed E-state index contributed by atoms with van der Waals surface area (Å²) in [5, 5.41) is 8.25. The van der Waals surface area contributed by atoms with E-state index in [1.807, 2.05) is 6.92 Å². The van der Waals surface area contributed by atoms with Crippen LogP contribution in [0.15, 0.2) is 21.3 Å². The van der Waals surface area contributed by atoms with Crippen molar-refractivity contribution in [1.82, 2.24) is 15.0 Å². The molecule has 0 spiro atoms. The average molecular weight is 305 g/mol. The Morgan fingerprint density at radius 1 is 1.38 bits per heavy atom. The molecule has 2 aliphatic heterocycles. The largest absolute Gasteiger partial charge is 0.363 e. The first-order chi connectivity index (χ1) is 10.3. The molecule has 6 heteroatoms. The summed E-state index contributed by atoms with van der Waals surface area (Å²) in [5.74, 6) is 1.32. The van der Waals surface area contributed by atoms with Crippen LogP contribution in [0, 0.1) is 6.92 Å². The molecule has 0 N–H and O–H groups in total.